The number of esters is 1. The number of fused-ring (bicyclic) bond motifs is 2. The fourth-order valence-corrected chi connectivity index (χ4v) is 6.82. The van der Waals surface area contributed by atoms with Crippen molar-refractivity contribution in [2.75, 3.05) is 20.3 Å². The molecule has 2 aromatic carbocycles. The van der Waals surface area contributed by atoms with Crippen LogP contribution in [0.3, 0.4) is 0 Å². The molecule has 57 heavy (non-hydrogen) atoms. The lowest BCUT2D eigenvalue weighted by Gasteiger charge is -2.24. The molecule has 15 heteroatoms. The first-order valence-electron chi connectivity index (χ1n) is 17.6. The molecule has 4 atom stereocenters. The number of nitrogens with zero attached hydrogens (tertiary/aromatic N) is 2. The van der Waals surface area contributed by atoms with Gasteiger partial charge < -0.3 is 51.8 Å². The van der Waals surface area contributed by atoms with Crippen LogP contribution in [-0.4, -0.2) is 59.5 Å². The second-order valence-corrected chi connectivity index (χ2v) is 14.3. The van der Waals surface area contributed by atoms with Gasteiger partial charge in [-0.2, -0.15) is 0 Å². The highest BCUT2D eigenvalue weighted by Gasteiger charge is 2.43. The maximum atomic E-state index is 11.4. The van der Waals surface area contributed by atoms with Gasteiger partial charge in [-0.1, -0.05) is 67.0 Å². The summed E-state index contributed by atoms with van der Waals surface area (Å²) in [6.45, 7) is 4.35. The third-order valence-corrected chi connectivity index (χ3v) is 9.91. The number of para-hydroxylation sites is 2. The molecule has 0 bridgehead atoms. The largest absolute Gasteiger partial charge is 2.00 e. The van der Waals surface area contributed by atoms with Crippen molar-refractivity contribution in [3.05, 3.63) is 118 Å². The molecule has 0 saturated carbocycles. The minimum atomic E-state index is -1.05. The Morgan fingerprint density at radius 2 is 1.19 bits per heavy atom. The number of aromatic nitrogens is 2. The number of carboxylic acid groups (broad SMARTS) is 1. The molecule has 4 aromatic rings. The number of aliphatic carboxylic acids is 1. The van der Waals surface area contributed by atoms with Crippen LogP contribution in [0, 0.1) is 0 Å². The predicted molar refractivity (Wildman–Crippen MR) is 216 cm³/mol. The molecule has 0 aliphatic carbocycles. The third kappa shape index (κ3) is 9.68. The van der Waals surface area contributed by atoms with Gasteiger partial charge in [0.1, 0.15) is 11.4 Å². The number of ether oxygens (including phenoxy) is 7. The van der Waals surface area contributed by atoms with E-state index in [2.05, 4.69) is 16.0 Å². The highest BCUT2D eigenvalue weighted by molar-refractivity contribution is 7.37. The van der Waals surface area contributed by atoms with Crippen molar-refractivity contribution in [3.63, 3.8) is 0 Å². The van der Waals surface area contributed by atoms with Crippen LogP contribution >= 0.6 is 23.2 Å². The molecular formula is C42H42Cl2N2O10S-2. The summed E-state index contributed by atoms with van der Waals surface area (Å²) in [5.74, 6) is -0.663. The number of benzene rings is 2. The van der Waals surface area contributed by atoms with Gasteiger partial charge in [-0.3, -0.25) is 19.6 Å². The fraction of sp³-hybridized carbons (Fsp3) is 0.333. The van der Waals surface area contributed by atoms with Gasteiger partial charge in [-0.15, -0.1) is 0 Å². The molecule has 0 amide bonds. The highest BCUT2D eigenvalue weighted by atomic mass is 35.5. The summed E-state index contributed by atoms with van der Waals surface area (Å²) in [7, 11) is 1.38. The Kier molecular flexibility index (Phi) is 13.8. The molecule has 0 radical (unpaired) electrons. The number of hydrogen-bond acceptors (Lipinski definition) is 11. The van der Waals surface area contributed by atoms with Crippen molar-refractivity contribution >= 4 is 59.8 Å². The van der Waals surface area contributed by atoms with Crippen LogP contribution in [0.25, 0.3) is 11.1 Å². The molecule has 4 aliphatic rings. The van der Waals surface area contributed by atoms with Gasteiger partial charge in [0.05, 0.1) is 55.4 Å². The summed E-state index contributed by atoms with van der Waals surface area (Å²) >= 11 is 11.9. The normalized spacial score (nSPS) is 22.7. The van der Waals surface area contributed by atoms with Crippen molar-refractivity contribution < 1.29 is 47.9 Å². The van der Waals surface area contributed by atoms with Crippen LogP contribution in [-0.2, 0) is 48.9 Å². The zero-order chi connectivity index (χ0) is 38.7. The van der Waals surface area contributed by atoms with Crippen LogP contribution in [0.2, 0.25) is 10.0 Å². The van der Waals surface area contributed by atoms with Gasteiger partial charge in [-0.25, -0.2) is 0 Å². The summed E-state index contributed by atoms with van der Waals surface area (Å²) in [5, 5.41) is 10.00. The Morgan fingerprint density at radius 1 is 0.737 bits per heavy atom. The van der Waals surface area contributed by atoms with Gasteiger partial charge in [-0.05, 0) is 60.4 Å². The van der Waals surface area contributed by atoms with Crippen LogP contribution in [0.5, 0.6) is 23.0 Å². The van der Waals surface area contributed by atoms with Crippen LogP contribution in [0.4, 0.5) is 0 Å². The first kappa shape index (κ1) is 43.3. The Morgan fingerprint density at radius 3 is 1.56 bits per heavy atom. The molecule has 4 aliphatic heterocycles. The van der Waals surface area contributed by atoms with Crippen molar-refractivity contribution in [2.24, 2.45) is 0 Å². The van der Waals surface area contributed by atoms with Gasteiger partial charge >= 0.3 is 11.9 Å². The number of carbonyl (C=O) groups excluding carboxylic acids is 1. The van der Waals surface area contributed by atoms with Crippen molar-refractivity contribution in [1.29, 1.82) is 0 Å². The van der Waals surface area contributed by atoms with Gasteiger partial charge in [0.25, 0.3) is 11.6 Å². The number of halogens is 2. The van der Waals surface area contributed by atoms with E-state index in [0.717, 1.165) is 22.3 Å². The minimum absolute atomic E-state index is 0. The van der Waals surface area contributed by atoms with E-state index >= 15 is 0 Å². The Bertz CT molecular complexity index is 2150. The summed E-state index contributed by atoms with van der Waals surface area (Å²) in [6, 6.07) is 18.5. The van der Waals surface area contributed by atoms with E-state index in [1.165, 1.54) is 7.11 Å². The third-order valence-electron chi connectivity index (χ3n) is 9.47. The average Bonchev–Trinajstić information content (AvgIpc) is 3.73. The van der Waals surface area contributed by atoms with E-state index in [-0.39, 0.29) is 51.9 Å². The maximum absolute atomic E-state index is 11.4. The fourth-order valence-electron chi connectivity index (χ4n) is 6.60. The lowest BCUT2D eigenvalue weighted by Crippen LogP contribution is -2.32. The average molecular weight is 838 g/mol. The molecule has 0 spiro atoms. The van der Waals surface area contributed by atoms with E-state index in [0.29, 0.717) is 70.5 Å². The second-order valence-electron chi connectivity index (χ2n) is 13.5. The molecule has 302 valence electrons. The molecular weight excluding hydrogens is 795 g/mol. The molecule has 8 rings (SSSR count). The summed E-state index contributed by atoms with van der Waals surface area (Å²) < 4.78 is 40.8. The topological polar surface area (TPSA) is 145 Å². The number of rotatable bonds is 8. The SMILES string of the molecule is C.COC(=O)CC1CC=C(c2cccc3c2O[C@](C)(c2ccc(Cl)cn2)O3)CO1.C[C@@]1(c2ccc(Cl)cn2)Oc2cccc(C3=CCC(CC(=O)O)OC3)c2O1.[S-2]. The molecule has 2 unspecified atom stereocenters. The van der Waals surface area contributed by atoms with Crippen LogP contribution < -0.4 is 18.9 Å². The first-order chi connectivity index (χ1) is 26.4. The zero-order valence-electron chi connectivity index (χ0n) is 30.7. The van der Waals surface area contributed by atoms with Crippen molar-refractivity contribution in [2.45, 2.75) is 70.7 Å². The maximum Gasteiger partial charge on any atom is 0.308 e. The molecule has 6 heterocycles. The predicted octanol–water partition coefficient (Wildman–Crippen LogP) is 8.77. The summed E-state index contributed by atoms with van der Waals surface area (Å²) in [6.07, 6.45) is 8.14. The number of carboxylic acids is 1. The number of carbonyl (C=O) groups is 2. The van der Waals surface area contributed by atoms with Gasteiger partial charge in [0, 0.05) is 37.4 Å². The van der Waals surface area contributed by atoms with E-state index in [1.807, 2.05) is 56.3 Å². The van der Waals surface area contributed by atoms with Crippen molar-refractivity contribution in [3.8, 4) is 23.0 Å². The Labute approximate surface area is 348 Å². The van der Waals surface area contributed by atoms with E-state index in [1.54, 1.807) is 36.7 Å². The van der Waals surface area contributed by atoms with E-state index < -0.39 is 17.5 Å². The second kappa shape index (κ2) is 18.2. The zero-order valence-corrected chi connectivity index (χ0v) is 33.0. The number of methoxy groups -OCH3 is 1. The quantitative estimate of drug-likeness (QED) is 0.169. The monoisotopic (exact) mass is 836 g/mol. The Hall–Kier alpha value is -4.79. The molecule has 1 N–H and O–H groups in total. The molecule has 0 saturated heterocycles. The lowest BCUT2D eigenvalue weighted by atomic mass is 9.99. The summed E-state index contributed by atoms with van der Waals surface area (Å²) in [4.78, 5) is 30.9. The van der Waals surface area contributed by atoms with Crippen LogP contribution in [0.15, 0.2) is 85.2 Å². The number of pyridine rings is 2. The van der Waals surface area contributed by atoms with Gasteiger partial charge in [0.2, 0.25) is 0 Å². The van der Waals surface area contributed by atoms with Gasteiger partial charge in [0.15, 0.2) is 23.0 Å². The molecule has 0 fully saturated rings. The smallest absolute Gasteiger partial charge is 0.308 e. The van der Waals surface area contributed by atoms with E-state index in [4.69, 9.17) is 61.5 Å². The molecule has 2 aromatic heterocycles. The highest BCUT2D eigenvalue weighted by Crippen LogP contribution is 2.49. The van der Waals surface area contributed by atoms with E-state index in [9.17, 15) is 9.59 Å². The Balaban J connectivity index is 0.000000210. The van der Waals surface area contributed by atoms with Crippen LogP contribution in [0.1, 0.15) is 69.5 Å². The lowest BCUT2D eigenvalue weighted by molar-refractivity contribution is -0.143. The van der Waals surface area contributed by atoms with Crippen molar-refractivity contribution in [1.82, 2.24) is 9.97 Å². The number of hydrogen-bond donors (Lipinski definition) is 1. The minimum Gasteiger partial charge on any atom is -2.00 e. The standard InChI is InChI=1S/C21H20ClNO5.C20H18ClNO5.CH4.S/c1-21(18-9-7-14(22)11-23-18)27-17-5-3-4-16(20(17)28-21)13-6-8-15(26-12-13)10-19(24)25-2;1-20(17-8-6-13(21)10-22-17)26-16-4-2-3-15(19(16)27-20)12-5-7-14(25-11-12)9-18(23)24;;/h3-7,9,11,15H,8,10,12H2,1-2H3;2-6,8,10,14H,7,9,11H2,1H3,(H,23,24);1H4;/q;;;-2/t15?,21-;14?,20-;;/m11../s1. The molecule has 12 nitrogen and oxygen atoms in total. The summed E-state index contributed by atoms with van der Waals surface area (Å²) in [5.41, 5.74) is 4.97. The first-order valence-corrected chi connectivity index (χ1v) is 18.4.